The van der Waals surface area contributed by atoms with Crippen molar-refractivity contribution in [1.82, 2.24) is 5.32 Å². The maximum atomic E-state index is 11.5. The Morgan fingerprint density at radius 2 is 2.37 bits per heavy atom. The molecule has 0 aliphatic heterocycles. The molecule has 0 unspecified atom stereocenters. The van der Waals surface area contributed by atoms with E-state index in [1.54, 1.807) is 6.08 Å². The van der Waals surface area contributed by atoms with Crippen molar-refractivity contribution >= 4 is 34.6 Å². The topological polar surface area (TPSA) is 51.5 Å². The number of furan rings is 1. The summed E-state index contributed by atoms with van der Waals surface area (Å²) in [6.07, 6.45) is 6.63. The second-order valence-electron chi connectivity index (χ2n) is 4.64. The molecule has 0 saturated heterocycles. The van der Waals surface area contributed by atoms with E-state index < -0.39 is 0 Å². The van der Waals surface area contributed by atoms with Crippen LogP contribution in [0, 0.1) is 9.68 Å². The molecule has 1 aromatic rings. The van der Waals surface area contributed by atoms with Crippen LogP contribution in [-0.2, 0) is 9.53 Å². The van der Waals surface area contributed by atoms with Crippen molar-refractivity contribution in [2.45, 2.75) is 19.3 Å². The second kappa shape index (κ2) is 7.69. The molecule has 0 bridgehead atoms. The fourth-order valence-corrected chi connectivity index (χ4v) is 1.99. The number of halogens is 1. The largest absolute Gasteiger partial charge is 0.451 e. The Kier molecular flexibility index (Phi) is 5.91. The van der Waals surface area contributed by atoms with Crippen molar-refractivity contribution in [3.05, 3.63) is 27.7 Å². The predicted octanol–water partition coefficient (Wildman–Crippen LogP) is 2.83. The van der Waals surface area contributed by atoms with Crippen molar-refractivity contribution in [2.24, 2.45) is 5.92 Å². The molecule has 0 radical (unpaired) electrons. The third-order valence-corrected chi connectivity index (χ3v) is 3.39. The summed E-state index contributed by atoms with van der Waals surface area (Å²) in [4.78, 5) is 11.5. The zero-order chi connectivity index (χ0) is 13.5. The Labute approximate surface area is 126 Å². The van der Waals surface area contributed by atoms with Gasteiger partial charge in [0, 0.05) is 25.8 Å². The maximum absolute atomic E-state index is 11.5. The van der Waals surface area contributed by atoms with Crippen LogP contribution in [0.1, 0.15) is 25.0 Å². The van der Waals surface area contributed by atoms with E-state index in [-0.39, 0.29) is 5.91 Å². The third-order valence-electron chi connectivity index (χ3n) is 2.81. The molecule has 1 heterocycles. The summed E-state index contributed by atoms with van der Waals surface area (Å²) < 4.78 is 11.6. The minimum Gasteiger partial charge on any atom is -0.451 e. The molecule has 1 N–H and O–H groups in total. The van der Waals surface area contributed by atoms with Crippen molar-refractivity contribution in [2.75, 3.05) is 19.8 Å². The van der Waals surface area contributed by atoms with Crippen LogP contribution in [0.15, 0.2) is 22.6 Å². The first-order chi connectivity index (χ1) is 9.24. The van der Waals surface area contributed by atoms with Gasteiger partial charge in [-0.2, -0.15) is 0 Å². The van der Waals surface area contributed by atoms with Gasteiger partial charge in [0.25, 0.3) is 0 Å². The molecule has 1 saturated carbocycles. The summed E-state index contributed by atoms with van der Waals surface area (Å²) >= 11 is 2.09. The highest BCUT2D eigenvalue weighted by atomic mass is 127. The van der Waals surface area contributed by atoms with Gasteiger partial charge in [-0.25, -0.2) is 0 Å². The molecule has 4 nitrogen and oxygen atoms in total. The summed E-state index contributed by atoms with van der Waals surface area (Å²) in [5.41, 5.74) is 0. The highest BCUT2D eigenvalue weighted by molar-refractivity contribution is 14.1. The average molecular weight is 375 g/mol. The normalized spacial score (nSPS) is 15.0. The minimum atomic E-state index is -0.103. The lowest BCUT2D eigenvalue weighted by Crippen LogP contribution is -2.23. The zero-order valence-electron chi connectivity index (χ0n) is 10.7. The van der Waals surface area contributed by atoms with Crippen LogP contribution in [0.3, 0.4) is 0 Å². The molecular weight excluding hydrogens is 357 g/mol. The van der Waals surface area contributed by atoms with Crippen LogP contribution in [0.2, 0.25) is 0 Å². The number of carbonyl (C=O) groups is 1. The molecule has 1 amide bonds. The molecule has 104 valence electrons. The van der Waals surface area contributed by atoms with Gasteiger partial charge in [0.2, 0.25) is 5.91 Å². The molecule has 1 aliphatic rings. The van der Waals surface area contributed by atoms with Gasteiger partial charge in [0.05, 0.1) is 0 Å². The number of amides is 1. The Morgan fingerprint density at radius 3 is 3.05 bits per heavy atom. The van der Waals surface area contributed by atoms with Gasteiger partial charge in [0.15, 0.2) is 3.77 Å². The first-order valence-corrected chi connectivity index (χ1v) is 7.61. The SMILES string of the molecule is O=C(/C=C/c1ccc(I)o1)NCCCOCC1CC1. The summed E-state index contributed by atoms with van der Waals surface area (Å²) in [5, 5.41) is 2.81. The van der Waals surface area contributed by atoms with Crippen molar-refractivity contribution < 1.29 is 13.9 Å². The average Bonchev–Trinajstić information content (AvgIpc) is 3.12. The molecule has 1 aromatic heterocycles. The van der Waals surface area contributed by atoms with E-state index in [0.29, 0.717) is 12.3 Å². The van der Waals surface area contributed by atoms with Gasteiger partial charge in [-0.05, 0) is 66.0 Å². The maximum Gasteiger partial charge on any atom is 0.244 e. The lowest BCUT2D eigenvalue weighted by molar-refractivity contribution is -0.116. The summed E-state index contributed by atoms with van der Waals surface area (Å²) in [7, 11) is 0. The number of hydrogen-bond donors (Lipinski definition) is 1. The van der Waals surface area contributed by atoms with Gasteiger partial charge in [-0.15, -0.1) is 0 Å². The number of carbonyl (C=O) groups excluding carboxylic acids is 1. The van der Waals surface area contributed by atoms with Crippen LogP contribution in [0.25, 0.3) is 6.08 Å². The van der Waals surface area contributed by atoms with Crippen LogP contribution in [0.5, 0.6) is 0 Å². The fourth-order valence-electron chi connectivity index (χ4n) is 1.55. The first-order valence-electron chi connectivity index (χ1n) is 6.53. The fraction of sp³-hybridized carbons (Fsp3) is 0.500. The standard InChI is InChI=1S/C14H18INO3/c15-13-6-4-12(19-13)5-7-14(17)16-8-1-9-18-10-11-2-3-11/h4-7,11H,1-3,8-10H2,(H,16,17)/b7-5+. The van der Waals surface area contributed by atoms with E-state index in [0.717, 1.165) is 29.3 Å². The van der Waals surface area contributed by atoms with E-state index in [1.165, 1.54) is 18.9 Å². The van der Waals surface area contributed by atoms with E-state index in [4.69, 9.17) is 9.15 Å². The van der Waals surface area contributed by atoms with Crippen LogP contribution >= 0.6 is 22.6 Å². The molecule has 2 rings (SSSR count). The predicted molar refractivity (Wildman–Crippen MR) is 81.6 cm³/mol. The first kappa shape index (κ1) is 14.6. The molecule has 0 spiro atoms. The van der Waals surface area contributed by atoms with Gasteiger partial charge in [-0.3, -0.25) is 4.79 Å². The van der Waals surface area contributed by atoms with Crippen molar-refractivity contribution in [3.63, 3.8) is 0 Å². The number of ether oxygens (including phenoxy) is 1. The highest BCUT2D eigenvalue weighted by Gasteiger charge is 2.20. The quantitative estimate of drug-likeness (QED) is 0.432. The van der Waals surface area contributed by atoms with Gasteiger partial charge >= 0.3 is 0 Å². The molecular formula is C14H18INO3. The minimum absolute atomic E-state index is 0.103. The van der Waals surface area contributed by atoms with Crippen molar-refractivity contribution in [3.8, 4) is 0 Å². The van der Waals surface area contributed by atoms with Crippen LogP contribution in [-0.4, -0.2) is 25.7 Å². The summed E-state index contributed by atoms with van der Waals surface area (Å²) in [6.45, 7) is 2.24. The van der Waals surface area contributed by atoms with E-state index in [1.807, 2.05) is 12.1 Å². The Hall–Kier alpha value is -0.820. The molecule has 19 heavy (non-hydrogen) atoms. The third kappa shape index (κ3) is 6.24. The second-order valence-corrected chi connectivity index (χ2v) is 5.70. The lowest BCUT2D eigenvalue weighted by atomic mass is 10.3. The van der Waals surface area contributed by atoms with Crippen molar-refractivity contribution in [1.29, 1.82) is 0 Å². The number of rotatable bonds is 8. The monoisotopic (exact) mass is 375 g/mol. The Balaban J connectivity index is 1.52. The number of nitrogens with one attached hydrogen (secondary N) is 1. The van der Waals surface area contributed by atoms with E-state index >= 15 is 0 Å². The van der Waals surface area contributed by atoms with E-state index in [9.17, 15) is 4.79 Å². The van der Waals surface area contributed by atoms with Gasteiger partial charge in [0.1, 0.15) is 5.76 Å². The van der Waals surface area contributed by atoms with Gasteiger partial charge in [-0.1, -0.05) is 0 Å². The van der Waals surface area contributed by atoms with Crippen LogP contribution in [0.4, 0.5) is 0 Å². The smallest absolute Gasteiger partial charge is 0.244 e. The molecule has 0 aromatic carbocycles. The van der Waals surface area contributed by atoms with Gasteiger partial charge < -0.3 is 14.5 Å². The molecule has 5 heteroatoms. The van der Waals surface area contributed by atoms with E-state index in [2.05, 4.69) is 27.9 Å². The Bertz CT molecular complexity index is 438. The summed E-state index contributed by atoms with van der Waals surface area (Å²) in [6, 6.07) is 3.69. The Morgan fingerprint density at radius 1 is 1.53 bits per heavy atom. The molecule has 1 aliphatic carbocycles. The summed E-state index contributed by atoms with van der Waals surface area (Å²) in [5.74, 6) is 1.38. The number of hydrogen-bond acceptors (Lipinski definition) is 3. The lowest BCUT2D eigenvalue weighted by Gasteiger charge is -2.03. The molecule has 0 atom stereocenters. The highest BCUT2D eigenvalue weighted by Crippen LogP contribution is 2.28. The molecule has 1 fully saturated rings. The van der Waals surface area contributed by atoms with Crippen LogP contribution < -0.4 is 5.32 Å². The zero-order valence-corrected chi connectivity index (χ0v) is 12.9.